The SMILES string of the molecule is C=CCc1c(C)nc(-c2ccccc2)nc1NN=Cc1ccco1. The van der Waals surface area contributed by atoms with Crippen molar-refractivity contribution < 1.29 is 4.42 Å². The van der Waals surface area contributed by atoms with Crippen molar-refractivity contribution in [3.05, 3.63) is 78.4 Å². The monoisotopic (exact) mass is 318 g/mol. The van der Waals surface area contributed by atoms with Gasteiger partial charge in [0.1, 0.15) is 5.76 Å². The summed E-state index contributed by atoms with van der Waals surface area (Å²) in [6.07, 6.45) is 5.71. The zero-order chi connectivity index (χ0) is 16.8. The Morgan fingerprint density at radius 1 is 1.17 bits per heavy atom. The summed E-state index contributed by atoms with van der Waals surface area (Å²) in [5, 5.41) is 4.21. The van der Waals surface area contributed by atoms with E-state index in [4.69, 9.17) is 4.42 Å². The maximum absolute atomic E-state index is 5.23. The molecule has 0 amide bonds. The van der Waals surface area contributed by atoms with Gasteiger partial charge < -0.3 is 4.42 Å². The summed E-state index contributed by atoms with van der Waals surface area (Å²) in [5.41, 5.74) is 5.84. The van der Waals surface area contributed by atoms with E-state index in [1.165, 1.54) is 0 Å². The second kappa shape index (κ2) is 7.37. The number of hydrogen-bond donors (Lipinski definition) is 1. The van der Waals surface area contributed by atoms with Gasteiger partial charge in [0.05, 0.1) is 12.5 Å². The third-order valence-electron chi connectivity index (χ3n) is 3.50. The molecule has 0 spiro atoms. The Kier molecular flexibility index (Phi) is 4.81. The topological polar surface area (TPSA) is 63.3 Å². The highest BCUT2D eigenvalue weighted by molar-refractivity contribution is 5.76. The number of allylic oxidation sites excluding steroid dienone is 1. The van der Waals surface area contributed by atoms with Crippen LogP contribution >= 0.6 is 0 Å². The number of nitrogens with one attached hydrogen (secondary N) is 1. The molecule has 24 heavy (non-hydrogen) atoms. The number of anilines is 1. The first kappa shape index (κ1) is 15.7. The number of nitrogens with zero attached hydrogens (tertiary/aromatic N) is 3. The highest BCUT2D eigenvalue weighted by Gasteiger charge is 2.11. The fourth-order valence-electron chi connectivity index (χ4n) is 2.32. The van der Waals surface area contributed by atoms with Gasteiger partial charge in [0.25, 0.3) is 0 Å². The Morgan fingerprint density at radius 2 is 2.00 bits per heavy atom. The molecule has 3 aromatic rings. The molecule has 1 N–H and O–H groups in total. The molecule has 5 nitrogen and oxygen atoms in total. The van der Waals surface area contributed by atoms with Crippen LogP contribution in [0, 0.1) is 6.92 Å². The molecule has 1 aromatic carbocycles. The van der Waals surface area contributed by atoms with Crippen LogP contribution in [0.5, 0.6) is 0 Å². The molecular weight excluding hydrogens is 300 g/mol. The first-order valence-corrected chi connectivity index (χ1v) is 7.64. The Morgan fingerprint density at radius 3 is 2.71 bits per heavy atom. The summed E-state index contributed by atoms with van der Waals surface area (Å²) in [7, 11) is 0. The molecule has 0 aliphatic rings. The van der Waals surface area contributed by atoms with Crippen molar-refractivity contribution in [3.8, 4) is 11.4 Å². The number of aromatic nitrogens is 2. The predicted octanol–water partition coefficient (Wildman–Crippen LogP) is 4.22. The van der Waals surface area contributed by atoms with Crippen LogP contribution in [0.3, 0.4) is 0 Å². The van der Waals surface area contributed by atoms with Crippen LogP contribution in [-0.4, -0.2) is 16.2 Å². The Labute approximate surface area is 140 Å². The average molecular weight is 318 g/mol. The van der Waals surface area contributed by atoms with Crippen molar-refractivity contribution >= 4 is 12.0 Å². The van der Waals surface area contributed by atoms with Gasteiger partial charge in [-0.05, 0) is 25.5 Å². The molecule has 0 aliphatic heterocycles. The minimum absolute atomic E-state index is 0.664. The largest absolute Gasteiger partial charge is 0.463 e. The molecule has 2 heterocycles. The van der Waals surface area contributed by atoms with Gasteiger partial charge in [-0.3, -0.25) is 5.43 Å². The zero-order valence-corrected chi connectivity index (χ0v) is 13.4. The van der Waals surface area contributed by atoms with Gasteiger partial charge in [0.2, 0.25) is 0 Å². The van der Waals surface area contributed by atoms with Crippen LogP contribution in [-0.2, 0) is 6.42 Å². The summed E-state index contributed by atoms with van der Waals surface area (Å²) in [4.78, 5) is 9.24. The normalized spacial score (nSPS) is 10.9. The molecule has 2 aromatic heterocycles. The fraction of sp³-hybridized carbons (Fsp3) is 0.105. The summed E-state index contributed by atoms with van der Waals surface area (Å²) in [5.74, 6) is 2.00. The molecule has 0 radical (unpaired) electrons. The third kappa shape index (κ3) is 3.57. The number of rotatable bonds is 6. The van der Waals surface area contributed by atoms with E-state index in [1.54, 1.807) is 12.5 Å². The van der Waals surface area contributed by atoms with E-state index in [-0.39, 0.29) is 0 Å². The van der Waals surface area contributed by atoms with Crippen LogP contribution in [0.25, 0.3) is 11.4 Å². The molecule has 5 heteroatoms. The smallest absolute Gasteiger partial charge is 0.161 e. The van der Waals surface area contributed by atoms with E-state index in [0.29, 0.717) is 23.8 Å². The highest BCUT2D eigenvalue weighted by atomic mass is 16.3. The lowest BCUT2D eigenvalue weighted by atomic mass is 10.1. The number of hydrogen-bond acceptors (Lipinski definition) is 5. The Hall–Kier alpha value is -3.21. The second-order valence-electron chi connectivity index (χ2n) is 5.20. The van der Waals surface area contributed by atoms with Gasteiger partial charge in [-0.25, -0.2) is 9.97 Å². The van der Waals surface area contributed by atoms with Crippen molar-refractivity contribution in [2.75, 3.05) is 5.43 Å². The van der Waals surface area contributed by atoms with Crippen LogP contribution in [0.4, 0.5) is 5.82 Å². The standard InChI is InChI=1S/C19H18N4O/c1-3-8-17-14(2)21-18(15-9-5-4-6-10-15)22-19(17)23-20-13-16-11-7-12-24-16/h3-7,9-13H,1,8H2,2H3,(H,21,22,23). The zero-order valence-electron chi connectivity index (χ0n) is 13.4. The van der Waals surface area contributed by atoms with Crippen LogP contribution in [0.15, 0.2) is 70.9 Å². The molecule has 120 valence electrons. The maximum Gasteiger partial charge on any atom is 0.161 e. The molecule has 3 rings (SSSR count). The minimum atomic E-state index is 0.664. The van der Waals surface area contributed by atoms with Gasteiger partial charge >= 0.3 is 0 Å². The summed E-state index contributed by atoms with van der Waals surface area (Å²) in [6.45, 7) is 5.77. The van der Waals surface area contributed by atoms with E-state index < -0.39 is 0 Å². The summed E-state index contributed by atoms with van der Waals surface area (Å²) in [6, 6.07) is 13.5. The van der Waals surface area contributed by atoms with Crippen molar-refractivity contribution in [3.63, 3.8) is 0 Å². The van der Waals surface area contributed by atoms with Gasteiger partial charge in [-0.1, -0.05) is 36.4 Å². The van der Waals surface area contributed by atoms with Gasteiger partial charge in [0, 0.05) is 16.8 Å². The van der Waals surface area contributed by atoms with Gasteiger partial charge in [-0.15, -0.1) is 6.58 Å². The summed E-state index contributed by atoms with van der Waals surface area (Å²) < 4.78 is 5.23. The van der Waals surface area contributed by atoms with Gasteiger partial charge in [0.15, 0.2) is 11.6 Å². The van der Waals surface area contributed by atoms with E-state index in [2.05, 4.69) is 27.1 Å². The quantitative estimate of drug-likeness (QED) is 0.420. The van der Waals surface area contributed by atoms with Crippen molar-refractivity contribution in [2.45, 2.75) is 13.3 Å². The minimum Gasteiger partial charge on any atom is -0.463 e. The van der Waals surface area contributed by atoms with Crippen molar-refractivity contribution in [2.24, 2.45) is 5.10 Å². The van der Waals surface area contributed by atoms with Crippen LogP contribution in [0.1, 0.15) is 17.0 Å². The molecule has 0 aliphatic carbocycles. The van der Waals surface area contributed by atoms with Gasteiger partial charge in [-0.2, -0.15) is 5.10 Å². The molecule has 0 saturated carbocycles. The molecule has 0 unspecified atom stereocenters. The van der Waals surface area contributed by atoms with E-state index >= 15 is 0 Å². The maximum atomic E-state index is 5.23. The fourth-order valence-corrected chi connectivity index (χ4v) is 2.32. The second-order valence-corrected chi connectivity index (χ2v) is 5.20. The third-order valence-corrected chi connectivity index (χ3v) is 3.50. The number of benzene rings is 1. The Balaban J connectivity index is 1.94. The van der Waals surface area contributed by atoms with E-state index in [1.807, 2.05) is 55.5 Å². The molecule has 0 atom stereocenters. The lowest BCUT2D eigenvalue weighted by Gasteiger charge is -2.11. The summed E-state index contributed by atoms with van der Waals surface area (Å²) >= 11 is 0. The Bertz CT molecular complexity index is 839. The van der Waals surface area contributed by atoms with E-state index in [0.717, 1.165) is 16.8 Å². The number of furan rings is 1. The highest BCUT2D eigenvalue weighted by Crippen LogP contribution is 2.23. The predicted molar refractivity (Wildman–Crippen MR) is 96.0 cm³/mol. The number of hydrazone groups is 1. The van der Waals surface area contributed by atoms with Crippen molar-refractivity contribution in [1.82, 2.24) is 9.97 Å². The first-order chi connectivity index (χ1) is 11.8. The van der Waals surface area contributed by atoms with Crippen LogP contribution in [0.2, 0.25) is 0 Å². The molecule has 0 saturated heterocycles. The molecule has 0 fully saturated rings. The number of aryl methyl sites for hydroxylation is 1. The molecular formula is C19H18N4O. The van der Waals surface area contributed by atoms with Crippen LogP contribution < -0.4 is 5.43 Å². The van der Waals surface area contributed by atoms with Crippen molar-refractivity contribution in [1.29, 1.82) is 0 Å². The average Bonchev–Trinajstić information content (AvgIpc) is 3.12. The first-order valence-electron chi connectivity index (χ1n) is 7.64. The lowest BCUT2D eigenvalue weighted by molar-refractivity contribution is 0.560. The molecule has 0 bridgehead atoms. The van der Waals surface area contributed by atoms with E-state index in [9.17, 15) is 0 Å². The lowest BCUT2D eigenvalue weighted by Crippen LogP contribution is -2.05.